The molecule has 0 spiro atoms. The van der Waals surface area contributed by atoms with E-state index in [0.717, 1.165) is 16.9 Å². The van der Waals surface area contributed by atoms with Gasteiger partial charge in [-0.3, -0.25) is 14.5 Å². The van der Waals surface area contributed by atoms with E-state index >= 15 is 0 Å². The fraction of sp³-hybridized carbons (Fsp3) is 0.391. The van der Waals surface area contributed by atoms with Gasteiger partial charge in [-0.15, -0.1) is 0 Å². The van der Waals surface area contributed by atoms with Crippen LogP contribution in [0.2, 0.25) is 0 Å². The Morgan fingerprint density at radius 2 is 1.79 bits per heavy atom. The van der Waals surface area contributed by atoms with E-state index in [4.69, 9.17) is 14.2 Å². The summed E-state index contributed by atoms with van der Waals surface area (Å²) in [4.78, 5) is 27.9. The van der Waals surface area contributed by atoms with Gasteiger partial charge in [0.25, 0.3) is 0 Å². The smallest absolute Gasteiger partial charge is 0.324 e. The van der Waals surface area contributed by atoms with Gasteiger partial charge in [-0.25, -0.2) is 0 Å². The lowest BCUT2D eigenvalue weighted by Gasteiger charge is -2.34. The molecule has 0 N–H and O–H groups in total. The molecule has 6 nitrogen and oxygen atoms in total. The number of benzene rings is 2. The molecule has 1 fully saturated rings. The zero-order valence-corrected chi connectivity index (χ0v) is 16.6. The average Bonchev–Trinajstić information content (AvgIpc) is 3.08. The summed E-state index contributed by atoms with van der Waals surface area (Å²) < 4.78 is 16.4. The van der Waals surface area contributed by atoms with Gasteiger partial charge in [0.15, 0.2) is 0 Å². The number of para-hydroxylation sites is 1. The summed E-state index contributed by atoms with van der Waals surface area (Å²) >= 11 is 0. The molecule has 4 atom stereocenters. The van der Waals surface area contributed by atoms with Crippen molar-refractivity contribution in [2.45, 2.75) is 25.6 Å². The van der Waals surface area contributed by atoms with Crippen molar-refractivity contribution in [2.24, 2.45) is 11.8 Å². The molecule has 0 saturated carbocycles. The maximum atomic E-state index is 13.0. The standard InChI is InChI=1S/C23H25NO5/c1-3-28-23(26)21-19(22(25)27-2)17-14-29-18-12-8-7-11-16(18)20(17)24(21)13-15-9-5-4-6-10-15/h4-12,17,19-21H,3,13-14H2,1-2H3/t17?,19-,20?,21+/m0/s1. The van der Waals surface area contributed by atoms with Crippen LogP contribution in [0.15, 0.2) is 54.6 Å². The molecule has 0 aromatic heterocycles. The van der Waals surface area contributed by atoms with Gasteiger partial charge in [-0.1, -0.05) is 48.5 Å². The third kappa shape index (κ3) is 3.49. The fourth-order valence-corrected chi connectivity index (χ4v) is 4.64. The van der Waals surface area contributed by atoms with Crippen LogP contribution in [0.5, 0.6) is 5.75 Å². The minimum atomic E-state index is -0.729. The van der Waals surface area contributed by atoms with E-state index in [0.29, 0.717) is 13.2 Å². The van der Waals surface area contributed by atoms with Crippen molar-refractivity contribution in [1.82, 2.24) is 4.90 Å². The molecule has 29 heavy (non-hydrogen) atoms. The zero-order chi connectivity index (χ0) is 20.4. The van der Waals surface area contributed by atoms with Crippen molar-refractivity contribution < 1.29 is 23.8 Å². The summed E-state index contributed by atoms with van der Waals surface area (Å²) in [5.74, 6) is -0.862. The predicted molar refractivity (Wildman–Crippen MR) is 106 cm³/mol. The van der Waals surface area contributed by atoms with Crippen molar-refractivity contribution in [1.29, 1.82) is 0 Å². The monoisotopic (exact) mass is 395 g/mol. The molecule has 2 aromatic rings. The summed E-state index contributed by atoms with van der Waals surface area (Å²) in [7, 11) is 1.36. The van der Waals surface area contributed by atoms with E-state index in [1.54, 1.807) is 6.92 Å². The first-order chi connectivity index (χ1) is 14.2. The van der Waals surface area contributed by atoms with E-state index in [9.17, 15) is 9.59 Å². The topological polar surface area (TPSA) is 65.1 Å². The Kier molecular flexibility index (Phi) is 5.53. The number of rotatable bonds is 5. The lowest BCUT2D eigenvalue weighted by atomic mass is 9.83. The number of ether oxygens (including phenoxy) is 3. The van der Waals surface area contributed by atoms with E-state index in [2.05, 4.69) is 4.90 Å². The highest BCUT2D eigenvalue weighted by Crippen LogP contribution is 2.51. The number of hydrogen-bond donors (Lipinski definition) is 0. The van der Waals surface area contributed by atoms with Gasteiger partial charge in [-0.2, -0.15) is 0 Å². The Balaban J connectivity index is 1.82. The van der Waals surface area contributed by atoms with E-state index in [1.807, 2.05) is 54.6 Å². The molecule has 152 valence electrons. The predicted octanol–water partition coefficient (Wildman–Crippen LogP) is 2.97. The summed E-state index contributed by atoms with van der Waals surface area (Å²) in [6.45, 7) is 2.90. The Bertz CT molecular complexity index is 884. The number of hydrogen-bond acceptors (Lipinski definition) is 6. The Morgan fingerprint density at radius 1 is 1.07 bits per heavy atom. The van der Waals surface area contributed by atoms with Crippen LogP contribution in [0.25, 0.3) is 0 Å². The lowest BCUT2D eigenvalue weighted by molar-refractivity contribution is -0.158. The second-order valence-corrected chi connectivity index (χ2v) is 7.36. The van der Waals surface area contributed by atoms with Crippen LogP contribution in [0, 0.1) is 11.8 Å². The van der Waals surface area contributed by atoms with Crippen molar-refractivity contribution in [3.63, 3.8) is 0 Å². The van der Waals surface area contributed by atoms with Crippen LogP contribution in [0.4, 0.5) is 0 Å². The number of carbonyl (C=O) groups is 2. The molecule has 2 aromatic carbocycles. The number of esters is 2. The molecular weight excluding hydrogens is 370 g/mol. The molecule has 2 aliphatic heterocycles. The van der Waals surface area contributed by atoms with E-state index in [-0.39, 0.29) is 18.6 Å². The quantitative estimate of drug-likeness (QED) is 0.726. The number of methoxy groups -OCH3 is 1. The summed E-state index contributed by atoms with van der Waals surface area (Å²) in [6.07, 6.45) is 0. The van der Waals surface area contributed by atoms with Gasteiger partial charge in [-0.05, 0) is 18.6 Å². The number of fused-ring (bicyclic) bond motifs is 3. The van der Waals surface area contributed by atoms with E-state index < -0.39 is 23.9 Å². The van der Waals surface area contributed by atoms with Gasteiger partial charge >= 0.3 is 11.9 Å². The third-order valence-electron chi connectivity index (χ3n) is 5.80. The first-order valence-electron chi connectivity index (χ1n) is 9.91. The first-order valence-corrected chi connectivity index (χ1v) is 9.91. The van der Waals surface area contributed by atoms with Crippen molar-refractivity contribution in [3.05, 3.63) is 65.7 Å². The Morgan fingerprint density at radius 3 is 2.52 bits per heavy atom. The second kappa shape index (κ2) is 8.25. The molecule has 2 aliphatic rings. The molecule has 1 saturated heterocycles. The van der Waals surface area contributed by atoms with Crippen molar-refractivity contribution >= 4 is 11.9 Å². The van der Waals surface area contributed by atoms with Crippen LogP contribution >= 0.6 is 0 Å². The first kappa shape index (κ1) is 19.5. The minimum absolute atomic E-state index is 0.140. The van der Waals surface area contributed by atoms with Crippen molar-refractivity contribution in [3.8, 4) is 5.75 Å². The molecule has 0 amide bonds. The van der Waals surface area contributed by atoms with Gasteiger partial charge in [0.05, 0.1) is 26.2 Å². The zero-order valence-electron chi connectivity index (χ0n) is 16.6. The molecule has 0 radical (unpaired) electrons. The minimum Gasteiger partial charge on any atom is -0.493 e. The van der Waals surface area contributed by atoms with Gasteiger partial charge in [0.2, 0.25) is 0 Å². The molecule has 4 rings (SSSR count). The summed E-state index contributed by atoms with van der Waals surface area (Å²) in [6, 6.07) is 16.9. The molecular formula is C23H25NO5. The fourth-order valence-electron chi connectivity index (χ4n) is 4.64. The maximum absolute atomic E-state index is 13.0. The van der Waals surface area contributed by atoms with Crippen LogP contribution in [0.1, 0.15) is 24.1 Å². The number of nitrogens with zero attached hydrogens (tertiary/aromatic N) is 1. The maximum Gasteiger partial charge on any atom is 0.324 e. The Labute approximate surface area is 170 Å². The average molecular weight is 395 g/mol. The van der Waals surface area contributed by atoms with Crippen LogP contribution in [-0.2, 0) is 25.6 Å². The SMILES string of the molecule is CCOC(=O)[C@H]1[C@@H](C(=O)OC)C2COc3ccccc3C2N1Cc1ccccc1. The summed E-state index contributed by atoms with van der Waals surface area (Å²) in [5, 5.41) is 0. The molecule has 2 heterocycles. The highest BCUT2D eigenvalue weighted by atomic mass is 16.5. The molecule has 0 bridgehead atoms. The highest BCUT2D eigenvalue weighted by Gasteiger charge is 2.58. The number of carbonyl (C=O) groups excluding carboxylic acids is 2. The number of likely N-dealkylation sites (tertiary alicyclic amines) is 1. The second-order valence-electron chi connectivity index (χ2n) is 7.36. The lowest BCUT2D eigenvalue weighted by Crippen LogP contribution is -2.44. The van der Waals surface area contributed by atoms with Crippen LogP contribution < -0.4 is 4.74 Å². The molecule has 2 unspecified atom stereocenters. The molecule has 6 heteroatoms. The normalized spacial score (nSPS) is 25.4. The largest absolute Gasteiger partial charge is 0.493 e. The van der Waals surface area contributed by atoms with Crippen LogP contribution in [-0.4, -0.2) is 43.2 Å². The van der Waals surface area contributed by atoms with Crippen molar-refractivity contribution in [2.75, 3.05) is 20.3 Å². The summed E-state index contributed by atoms with van der Waals surface area (Å²) in [5.41, 5.74) is 2.05. The van der Waals surface area contributed by atoms with E-state index in [1.165, 1.54) is 7.11 Å². The van der Waals surface area contributed by atoms with Gasteiger partial charge < -0.3 is 14.2 Å². The van der Waals surface area contributed by atoms with Gasteiger partial charge in [0, 0.05) is 24.1 Å². The van der Waals surface area contributed by atoms with Crippen LogP contribution in [0.3, 0.4) is 0 Å². The molecule has 0 aliphatic carbocycles. The highest BCUT2D eigenvalue weighted by molar-refractivity contribution is 5.86. The third-order valence-corrected chi connectivity index (χ3v) is 5.80. The van der Waals surface area contributed by atoms with Gasteiger partial charge in [0.1, 0.15) is 11.8 Å². The Hall–Kier alpha value is -2.86.